The summed E-state index contributed by atoms with van der Waals surface area (Å²) in [6, 6.07) is 0.336. The molecule has 0 aromatic rings. The van der Waals surface area contributed by atoms with E-state index in [0.29, 0.717) is 24.5 Å². The number of hydrogen-bond donors (Lipinski definition) is 2. The Balaban J connectivity index is 1.61. The van der Waals surface area contributed by atoms with E-state index >= 15 is 0 Å². The van der Waals surface area contributed by atoms with Crippen LogP contribution in [0.25, 0.3) is 0 Å². The molecule has 108 valence electrons. The lowest BCUT2D eigenvalue weighted by Crippen LogP contribution is -2.53. The van der Waals surface area contributed by atoms with E-state index in [-0.39, 0.29) is 17.4 Å². The molecule has 2 saturated carbocycles. The minimum Gasteiger partial charge on any atom is -0.379 e. The van der Waals surface area contributed by atoms with E-state index < -0.39 is 0 Å². The Kier molecular flexibility index (Phi) is 3.56. The third-order valence-corrected chi connectivity index (χ3v) is 5.43. The molecule has 3 atom stereocenters. The average Bonchev–Trinajstić information content (AvgIpc) is 2.75. The van der Waals surface area contributed by atoms with Crippen molar-refractivity contribution < 1.29 is 9.53 Å². The fourth-order valence-corrected chi connectivity index (χ4v) is 4.17. The van der Waals surface area contributed by atoms with E-state index in [4.69, 9.17) is 10.5 Å². The van der Waals surface area contributed by atoms with Gasteiger partial charge in [-0.05, 0) is 50.9 Å². The zero-order valence-electron chi connectivity index (χ0n) is 11.9. The molecule has 1 saturated heterocycles. The maximum Gasteiger partial charge on any atom is 0.223 e. The normalized spacial score (nSPS) is 46.0. The standard InChI is InChI=1S/C15H26N2O2/c1-15(5-6-19-9-15)17-14(18)12-7-10-3-2-4-11(8-12)13(10)16/h10-13H,2-9,16H2,1H3,(H,17,18). The number of nitrogens with two attached hydrogens (primary N) is 1. The van der Waals surface area contributed by atoms with Crippen molar-refractivity contribution >= 4 is 5.91 Å². The Morgan fingerprint density at radius 1 is 1.32 bits per heavy atom. The van der Waals surface area contributed by atoms with Gasteiger partial charge in [0.15, 0.2) is 0 Å². The summed E-state index contributed by atoms with van der Waals surface area (Å²) in [4.78, 5) is 12.5. The Bertz CT molecular complexity index is 338. The van der Waals surface area contributed by atoms with Crippen molar-refractivity contribution in [1.29, 1.82) is 0 Å². The van der Waals surface area contributed by atoms with Crippen LogP contribution in [0.2, 0.25) is 0 Å². The van der Waals surface area contributed by atoms with Gasteiger partial charge >= 0.3 is 0 Å². The Morgan fingerprint density at radius 3 is 2.58 bits per heavy atom. The highest BCUT2D eigenvalue weighted by Crippen LogP contribution is 2.42. The van der Waals surface area contributed by atoms with Gasteiger partial charge in [0.2, 0.25) is 5.91 Å². The Hall–Kier alpha value is -0.610. The van der Waals surface area contributed by atoms with Gasteiger partial charge < -0.3 is 15.8 Å². The first-order valence-electron chi connectivity index (χ1n) is 7.73. The molecule has 0 aromatic heterocycles. The van der Waals surface area contributed by atoms with Crippen LogP contribution in [0.15, 0.2) is 0 Å². The zero-order chi connectivity index (χ0) is 13.5. The lowest BCUT2D eigenvalue weighted by molar-refractivity contribution is -0.129. The molecule has 3 unspecified atom stereocenters. The maximum absolute atomic E-state index is 12.5. The molecule has 1 aliphatic heterocycles. The molecule has 2 bridgehead atoms. The predicted octanol–water partition coefficient (Wildman–Crippen LogP) is 1.44. The number of rotatable bonds is 2. The largest absolute Gasteiger partial charge is 0.379 e. The summed E-state index contributed by atoms with van der Waals surface area (Å²) in [6.07, 6.45) is 6.62. The molecule has 4 heteroatoms. The Morgan fingerprint density at radius 2 is 2.00 bits per heavy atom. The lowest BCUT2D eigenvalue weighted by atomic mass is 9.65. The molecular weight excluding hydrogens is 240 g/mol. The van der Waals surface area contributed by atoms with Crippen LogP contribution in [0.5, 0.6) is 0 Å². The third-order valence-electron chi connectivity index (χ3n) is 5.43. The Labute approximate surface area is 115 Å². The van der Waals surface area contributed by atoms with Crippen molar-refractivity contribution in [3.8, 4) is 0 Å². The molecule has 3 rings (SSSR count). The molecule has 4 nitrogen and oxygen atoms in total. The predicted molar refractivity (Wildman–Crippen MR) is 73.5 cm³/mol. The monoisotopic (exact) mass is 266 g/mol. The van der Waals surface area contributed by atoms with Crippen molar-refractivity contribution in [3.05, 3.63) is 0 Å². The highest BCUT2D eigenvalue weighted by atomic mass is 16.5. The first kappa shape index (κ1) is 13.4. The molecule has 0 radical (unpaired) electrons. The molecule has 0 aromatic carbocycles. The van der Waals surface area contributed by atoms with Gasteiger partial charge in [-0.2, -0.15) is 0 Å². The van der Waals surface area contributed by atoms with Crippen LogP contribution < -0.4 is 11.1 Å². The summed E-state index contributed by atoms with van der Waals surface area (Å²) >= 11 is 0. The first-order chi connectivity index (χ1) is 9.07. The second kappa shape index (κ2) is 5.06. The molecule has 3 fully saturated rings. The van der Waals surface area contributed by atoms with Gasteiger partial charge in [-0.15, -0.1) is 0 Å². The molecule has 19 heavy (non-hydrogen) atoms. The van der Waals surface area contributed by atoms with Gasteiger partial charge in [0.25, 0.3) is 0 Å². The number of nitrogens with one attached hydrogen (secondary N) is 1. The second-order valence-electron chi connectivity index (χ2n) is 7.05. The molecule has 3 aliphatic rings. The van der Waals surface area contributed by atoms with Gasteiger partial charge in [-0.25, -0.2) is 0 Å². The van der Waals surface area contributed by atoms with Gasteiger partial charge in [-0.1, -0.05) is 6.42 Å². The molecule has 2 aliphatic carbocycles. The van der Waals surface area contributed by atoms with Gasteiger partial charge in [-0.3, -0.25) is 4.79 Å². The van der Waals surface area contributed by atoms with Gasteiger partial charge in [0, 0.05) is 18.6 Å². The van der Waals surface area contributed by atoms with Crippen molar-refractivity contribution in [2.24, 2.45) is 23.5 Å². The van der Waals surface area contributed by atoms with Crippen molar-refractivity contribution in [1.82, 2.24) is 5.32 Å². The summed E-state index contributed by atoms with van der Waals surface area (Å²) in [7, 11) is 0. The van der Waals surface area contributed by atoms with Crippen LogP contribution in [0.4, 0.5) is 0 Å². The number of hydrogen-bond acceptors (Lipinski definition) is 3. The van der Waals surface area contributed by atoms with Crippen molar-refractivity contribution in [2.75, 3.05) is 13.2 Å². The van der Waals surface area contributed by atoms with E-state index in [0.717, 1.165) is 25.9 Å². The van der Waals surface area contributed by atoms with Crippen molar-refractivity contribution in [3.63, 3.8) is 0 Å². The van der Waals surface area contributed by atoms with Gasteiger partial charge in [0.05, 0.1) is 12.1 Å². The van der Waals surface area contributed by atoms with Crippen LogP contribution in [0, 0.1) is 17.8 Å². The van der Waals surface area contributed by atoms with Crippen LogP contribution in [-0.2, 0) is 9.53 Å². The zero-order valence-corrected chi connectivity index (χ0v) is 11.9. The van der Waals surface area contributed by atoms with Crippen LogP contribution >= 0.6 is 0 Å². The lowest BCUT2D eigenvalue weighted by Gasteiger charge is -2.44. The molecule has 0 spiro atoms. The van der Waals surface area contributed by atoms with Gasteiger partial charge in [0.1, 0.15) is 0 Å². The number of amides is 1. The van der Waals surface area contributed by atoms with Crippen LogP contribution in [-0.4, -0.2) is 30.7 Å². The average molecular weight is 266 g/mol. The minimum atomic E-state index is -0.147. The number of ether oxygens (including phenoxy) is 1. The summed E-state index contributed by atoms with van der Waals surface area (Å²) in [5.74, 6) is 1.54. The second-order valence-corrected chi connectivity index (χ2v) is 7.05. The minimum absolute atomic E-state index is 0.147. The molecule has 1 heterocycles. The molecular formula is C15H26N2O2. The van der Waals surface area contributed by atoms with E-state index in [1.807, 2.05) is 0 Å². The fourth-order valence-electron chi connectivity index (χ4n) is 4.17. The van der Waals surface area contributed by atoms with E-state index in [9.17, 15) is 4.79 Å². The highest BCUT2D eigenvalue weighted by molar-refractivity contribution is 5.79. The topological polar surface area (TPSA) is 64.4 Å². The van der Waals surface area contributed by atoms with Crippen molar-refractivity contribution in [2.45, 2.75) is 57.0 Å². The smallest absolute Gasteiger partial charge is 0.223 e. The number of carbonyl (C=O) groups excluding carboxylic acids is 1. The highest BCUT2D eigenvalue weighted by Gasteiger charge is 2.42. The summed E-state index contributed by atoms with van der Waals surface area (Å²) in [5.41, 5.74) is 6.14. The summed E-state index contributed by atoms with van der Waals surface area (Å²) < 4.78 is 5.41. The summed E-state index contributed by atoms with van der Waals surface area (Å²) in [6.45, 7) is 3.50. The van der Waals surface area contributed by atoms with E-state index in [2.05, 4.69) is 12.2 Å². The number of fused-ring (bicyclic) bond motifs is 2. The number of carbonyl (C=O) groups is 1. The van der Waals surface area contributed by atoms with Crippen LogP contribution in [0.3, 0.4) is 0 Å². The summed E-state index contributed by atoms with van der Waals surface area (Å²) in [5, 5.41) is 3.22. The molecule has 3 N–H and O–H groups in total. The first-order valence-corrected chi connectivity index (χ1v) is 7.73. The van der Waals surface area contributed by atoms with E-state index in [1.54, 1.807) is 0 Å². The maximum atomic E-state index is 12.5. The van der Waals surface area contributed by atoms with Crippen LogP contribution in [0.1, 0.15) is 45.4 Å². The van der Waals surface area contributed by atoms with E-state index in [1.165, 1.54) is 19.3 Å². The quantitative estimate of drug-likeness (QED) is 0.795. The molecule has 1 amide bonds. The fraction of sp³-hybridized carbons (Fsp3) is 0.933. The SMILES string of the molecule is CC1(NC(=O)C2CC3CCCC(C2)C3N)CCOC1. The third kappa shape index (κ3) is 2.65.